The van der Waals surface area contributed by atoms with Crippen molar-refractivity contribution in [2.45, 2.75) is 18.9 Å². The number of likely N-dealkylation sites (tertiary alicyclic amines) is 1. The van der Waals surface area contributed by atoms with E-state index in [1.165, 1.54) is 11.1 Å². The number of carbonyl (C=O) groups excluding carboxylic acids is 1. The van der Waals surface area contributed by atoms with Crippen LogP contribution in [0.3, 0.4) is 0 Å². The molecule has 5 aromatic rings. The van der Waals surface area contributed by atoms with Crippen LogP contribution in [0.1, 0.15) is 24.1 Å². The summed E-state index contributed by atoms with van der Waals surface area (Å²) in [7, 11) is 2.05. The number of piperazine rings is 1. The van der Waals surface area contributed by atoms with E-state index in [4.69, 9.17) is 16.1 Å². The lowest BCUT2D eigenvalue weighted by molar-refractivity contribution is -0.128. The van der Waals surface area contributed by atoms with Gasteiger partial charge in [0.25, 0.3) is 5.91 Å². The van der Waals surface area contributed by atoms with Gasteiger partial charge in [-0.2, -0.15) is 9.97 Å². The molecule has 0 N–H and O–H groups in total. The van der Waals surface area contributed by atoms with Gasteiger partial charge in [0.15, 0.2) is 11.6 Å². The molecule has 48 heavy (non-hydrogen) atoms. The van der Waals surface area contributed by atoms with Crippen LogP contribution in [0.15, 0.2) is 72.8 Å². The highest BCUT2D eigenvalue weighted by molar-refractivity contribution is 6.02. The van der Waals surface area contributed by atoms with Gasteiger partial charge in [-0.05, 0) is 50.0 Å². The molecular formula is C37H33F2N7O2. The molecule has 0 radical (unpaired) electrons. The largest absolute Gasteiger partial charge is 0.462 e. The first-order valence-electron chi connectivity index (χ1n) is 15.9. The molecule has 5 heterocycles. The number of ether oxygens (including phenoxy) is 1. The number of aromatic nitrogens is 4. The number of amides is 1. The number of terminal acetylenes is 1. The molecule has 1 atom stereocenters. The number of carbonyl (C=O) groups is 1. The van der Waals surface area contributed by atoms with Crippen molar-refractivity contribution in [2.75, 3.05) is 51.3 Å². The standard InChI is InChI=1S/C37H33F2N7O2/c1-3-24-9-6-10-25-11-7-14-28(31(24)25)33-32(39)34-29(22-41-33)35(43-37(42-34)48-23-27-13-8-16-44(27)2)45-17-19-46(20-18-45)36(47)30(38)21-26-12-4-5-15-40-26/h1,4-7,9-12,14-15,21-22,27H,8,13,16-20,23H2,2H3/b30-21-/t27-/m0/s1. The fraction of sp³-hybridized carbons (Fsp3) is 0.270. The van der Waals surface area contributed by atoms with Crippen molar-refractivity contribution >= 4 is 39.5 Å². The Kier molecular flexibility index (Phi) is 8.65. The van der Waals surface area contributed by atoms with E-state index in [1.54, 1.807) is 30.5 Å². The van der Waals surface area contributed by atoms with Gasteiger partial charge in [-0.1, -0.05) is 42.3 Å². The quantitative estimate of drug-likeness (QED) is 0.170. The maximum atomic E-state index is 16.7. The number of benzene rings is 2. The lowest BCUT2D eigenvalue weighted by Crippen LogP contribution is -2.49. The van der Waals surface area contributed by atoms with Crippen LogP contribution in [-0.4, -0.2) is 88.1 Å². The first-order valence-corrected chi connectivity index (χ1v) is 15.9. The number of likely N-dealkylation sites (N-methyl/N-ethyl adjacent to an activating group) is 1. The van der Waals surface area contributed by atoms with Crippen LogP contribution in [0.25, 0.3) is 39.0 Å². The number of nitrogens with zero attached hydrogens (tertiary/aromatic N) is 7. The number of halogens is 2. The van der Waals surface area contributed by atoms with Gasteiger partial charge in [0.1, 0.15) is 23.6 Å². The maximum absolute atomic E-state index is 16.7. The third kappa shape index (κ3) is 6.02. The van der Waals surface area contributed by atoms with Crippen molar-refractivity contribution in [1.82, 2.24) is 29.7 Å². The molecule has 1 amide bonds. The molecule has 2 fully saturated rings. The number of hydrogen-bond donors (Lipinski definition) is 0. The summed E-state index contributed by atoms with van der Waals surface area (Å²) in [6, 6.07) is 16.5. The summed E-state index contributed by atoms with van der Waals surface area (Å²) in [6.45, 7) is 2.47. The molecule has 11 heteroatoms. The minimum absolute atomic E-state index is 0.0546. The summed E-state index contributed by atoms with van der Waals surface area (Å²) in [5.74, 6) is 0.932. The van der Waals surface area contributed by atoms with Gasteiger partial charge in [-0.15, -0.1) is 6.42 Å². The van der Waals surface area contributed by atoms with E-state index < -0.39 is 17.6 Å². The molecule has 0 bridgehead atoms. The molecule has 7 rings (SSSR count). The van der Waals surface area contributed by atoms with E-state index >= 15 is 4.39 Å². The summed E-state index contributed by atoms with van der Waals surface area (Å²) in [6.07, 6.45) is 12.1. The number of fused-ring (bicyclic) bond motifs is 2. The van der Waals surface area contributed by atoms with Crippen LogP contribution in [0.2, 0.25) is 0 Å². The van der Waals surface area contributed by atoms with Gasteiger partial charge in [0.2, 0.25) is 0 Å². The van der Waals surface area contributed by atoms with Crippen molar-refractivity contribution in [3.05, 3.63) is 89.9 Å². The van der Waals surface area contributed by atoms with E-state index in [0.29, 0.717) is 47.7 Å². The highest BCUT2D eigenvalue weighted by atomic mass is 19.1. The summed E-state index contributed by atoms with van der Waals surface area (Å²) >= 11 is 0. The minimum Gasteiger partial charge on any atom is -0.462 e. The van der Waals surface area contributed by atoms with Gasteiger partial charge in [0, 0.05) is 67.2 Å². The molecule has 9 nitrogen and oxygen atoms in total. The van der Waals surface area contributed by atoms with E-state index in [0.717, 1.165) is 36.2 Å². The molecular weight excluding hydrogens is 612 g/mol. The Morgan fingerprint density at radius 3 is 2.58 bits per heavy atom. The molecule has 2 saturated heterocycles. The van der Waals surface area contributed by atoms with Crippen molar-refractivity contribution in [3.63, 3.8) is 0 Å². The first-order chi connectivity index (χ1) is 23.4. The van der Waals surface area contributed by atoms with Crippen LogP contribution < -0.4 is 9.64 Å². The predicted octanol–water partition coefficient (Wildman–Crippen LogP) is 5.49. The van der Waals surface area contributed by atoms with Gasteiger partial charge >= 0.3 is 6.01 Å². The number of anilines is 1. The number of pyridine rings is 2. The van der Waals surface area contributed by atoms with E-state index in [2.05, 4.69) is 32.8 Å². The summed E-state index contributed by atoms with van der Waals surface area (Å²) in [4.78, 5) is 36.5. The SMILES string of the molecule is C#Cc1cccc2cccc(-c3ncc4c(N5CCN(C(=O)/C(F)=C/c6ccccn6)CC5)nc(OC[C@@H]5CCCN5C)nc4c3F)c12. The molecule has 0 saturated carbocycles. The highest BCUT2D eigenvalue weighted by Gasteiger charge is 2.28. The Balaban J connectivity index is 1.23. The molecule has 0 unspecified atom stereocenters. The molecule has 2 aromatic carbocycles. The average Bonchev–Trinajstić information content (AvgIpc) is 3.54. The second kappa shape index (κ2) is 13.3. The van der Waals surface area contributed by atoms with Crippen LogP contribution in [0.5, 0.6) is 6.01 Å². The minimum atomic E-state index is -0.887. The number of rotatable bonds is 7. The van der Waals surface area contributed by atoms with Crippen LogP contribution >= 0.6 is 0 Å². The molecule has 242 valence electrons. The Labute approximate surface area is 276 Å². The Morgan fingerprint density at radius 1 is 1.04 bits per heavy atom. The zero-order chi connectivity index (χ0) is 33.2. The normalized spacial score (nSPS) is 17.2. The van der Waals surface area contributed by atoms with Crippen molar-refractivity contribution in [3.8, 4) is 29.6 Å². The van der Waals surface area contributed by atoms with Crippen molar-refractivity contribution < 1.29 is 18.3 Å². The summed E-state index contributed by atoms with van der Waals surface area (Å²) in [5, 5.41) is 2.00. The predicted molar refractivity (Wildman–Crippen MR) is 181 cm³/mol. The monoisotopic (exact) mass is 645 g/mol. The smallest absolute Gasteiger partial charge is 0.319 e. The van der Waals surface area contributed by atoms with Gasteiger partial charge in [-0.25, -0.2) is 8.78 Å². The number of hydrogen-bond acceptors (Lipinski definition) is 8. The Bertz CT molecular complexity index is 2070. The highest BCUT2D eigenvalue weighted by Crippen LogP contribution is 2.36. The third-order valence-electron chi connectivity index (χ3n) is 9.07. The lowest BCUT2D eigenvalue weighted by atomic mass is 9.97. The first kappa shape index (κ1) is 31.1. The van der Waals surface area contributed by atoms with E-state index in [9.17, 15) is 9.18 Å². The van der Waals surface area contributed by atoms with Crippen LogP contribution in [0.4, 0.5) is 14.6 Å². The fourth-order valence-electron chi connectivity index (χ4n) is 6.46. The van der Waals surface area contributed by atoms with Crippen LogP contribution in [0, 0.1) is 18.2 Å². The third-order valence-corrected chi connectivity index (χ3v) is 9.07. The molecule has 2 aliphatic rings. The van der Waals surface area contributed by atoms with Gasteiger partial charge in [0.05, 0.1) is 11.1 Å². The summed E-state index contributed by atoms with van der Waals surface area (Å²) < 4.78 is 37.7. The van der Waals surface area contributed by atoms with E-state index in [1.807, 2.05) is 35.2 Å². The molecule has 0 spiro atoms. The zero-order valence-electron chi connectivity index (χ0n) is 26.4. The molecule has 3 aromatic heterocycles. The van der Waals surface area contributed by atoms with Gasteiger partial charge < -0.3 is 19.4 Å². The zero-order valence-corrected chi connectivity index (χ0v) is 26.4. The average molecular weight is 646 g/mol. The topological polar surface area (TPSA) is 87.6 Å². The summed E-state index contributed by atoms with van der Waals surface area (Å²) in [5.41, 5.74) is 1.74. The van der Waals surface area contributed by atoms with Crippen molar-refractivity contribution in [1.29, 1.82) is 0 Å². The molecule has 2 aliphatic heterocycles. The molecule has 0 aliphatic carbocycles. The van der Waals surface area contributed by atoms with Crippen molar-refractivity contribution in [2.24, 2.45) is 0 Å². The second-order valence-electron chi connectivity index (χ2n) is 12.0. The van der Waals surface area contributed by atoms with Gasteiger partial charge in [-0.3, -0.25) is 14.8 Å². The lowest BCUT2D eigenvalue weighted by Gasteiger charge is -2.35. The van der Waals surface area contributed by atoms with Crippen LogP contribution in [-0.2, 0) is 4.79 Å². The van der Waals surface area contributed by atoms with E-state index in [-0.39, 0.29) is 36.4 Å². The Morgan fingerprint density at radius 2 is 1.85 bits per heavy atom. The Hall–Kier alpha value is -5.47. The fourth-order valence-corrected chi connectivity index (χ4v) is 6.46. The second-order valence-corrected chi connectivity index (χ2v) is 12.0. The maximum Gasteiger partial charge on any atom is 0.319 e.